The molecule has 28 heavy (non-hydrogen) atoms. The zero-order chi connectivity index (χ0) is 20.7. The van der Waals surface area contributed by atoms with Gasteiger partial charge >= 0.3 is 0 Å². The Morgan fingerprint density at radius 2 is 1.50 bits per heavy atom. The van der Waals surface area contributed by atoms with Gasteiger partial charge in [-0.05, 0) is 23.8 Å². The van der Waals surface area contributed by atoms with Crippen LogP contribution >= 0.6 is 0 Å². The number of hydrogen-bond acceptors (Lipinski definition) is 7. The number of methoxy groups -OCH3 is 4. The molecule has 0 bridgehead atoms. The summed E-state index contributed by atoms with van der Waals surface area (Å²) in [5.74, 6) is 1.94. The van der Waals surface area contributed by atoms with E-state index in [0.717, 1.165) is 11.1 Å². The van der Waals surface area contributed by atoms with Crippen LogP contribution in [0.3, 0.4) is 0 Å². The number of nitrogens with one attached hydrogen (secondary N) is 1. The van der Waals surface area contributed by atoms with Crippen molar-refractivity contribution in [3.8, 4) is 23.0 Å². The second-order valence-electron chi connectivity index (χ2n) is 5.84. The number of anilines is 1. The van der Waals surface area contributed by atoms with Gasteiger partial charge in [-0.15, -0.1) is 0 Å². The Morgan fingerprint density at radius 3 is 2.00 bits per heavy atom. The molecule has 0 aromatic heterocycles. The maximum Gasteiger partial charge on any atom is 0.175 e. The van der Waals surface area contributed by atoms with Gasteiger partial charge in [-0.2, -0.15) is 0 Å². The van der Waals surface area contributed by atoms with Gasteiger partial charge in [0.05, 0.1) is 45.4 Å². The first-order valence-electron chi connectivity index (χ1n) is 8.43. The van der Waals surface area contributed by atoms with E-state index in [2.05, 4.69) is 5.32 Å². The summed E-state index contributed by atoms with van der Waals surface area (Å²) in [6, 6.07) is 8.53. The third-order valence-corrected chi connectivity index (χ3v) is 5.38. The normalized spacial score (nSPS) is 11.3. The highest BCUT2D eigenvalue weighted by Crippen LogP contribution is 2.35. The molecule has 2 aromatic carbocycles. The average Bonchev–Trinajstić information content (AvgIpc) is 2.71. The Bertz CT molecular complexity index is 928. The summed E-state index contributed by atoms with van der Waals surface area (Å²) in [5, 5.41) is 4.14. The highest BCUT2D eigenvalue weighted by Gasteiger charge is 2.14. The van der Waals surface area contributed by atoms with Gasteiger partial charge < -0.3 is 24.3 Å². The summed E-state index contributed by atoms with van der Waals surface area (Å²) in [6.07, 6.45) is 1.47. The van der Waals surface area contributed by atoms with Gasteiger partial charge in [-0.1, -0.05) is 6.07 Å². The van der Waals surface area contributed by atoms with Gasteiger partial charge in [0.15, 0.2) is 9.84 Å². The lowest BCUT2D eigenvalue weighted by molar-refractivity contribution is 0.374. The SMILES string of the molecule is CNc1cc(CS(=O)(=O)/C=C/c2c(OC)cc(OC)cc2OC)ccc1OC. The first kappa shape index (κ1) is 21.4. The molecule has 0 aliphatic heterocycles. The van der Waals surface area contributed by atoms with Crippen LogP contribution in [0.15, 0.2) is 35.7 Å². The number of benzene rings is 2. The lowest BCUT2D eigenvalue weighted by Gasteiger charge is -2.12. The number of ether oxygens (including phenoxy) is 4. The van der Waals surface area contributed by atoms with Crippen molar-refractivity contribution < 1.29 is 27.4 Å². The van der Waals surface area contributed by atoms with Crippen LogP contribution in [0.5, 0.6) is 23.0 Å². The van der Waals surface area contributed by atoms with Gasteiger partial charge in [-0.25, -0.2) is 8.42 Å². The van der Waals surface area contributed by atoms with E-state index >= 15 is 0 Å². The van der Waals surface area contributed by atoms with Crippen LogP contribution in [0.2, 0.25) is 0 Å². The van der Waals surface area contributed by atoms with E-state index < -0.39 is 9.84 Å². The van der Waals surface area contributed by atoms with Crippen molar-refractivity contribution in [1.82, 2.24) is 0 Å². The molecule has 0 heterocycles. The minimum absolute atomic E-state index is 0.150. The molecule has 0 amide bonds. The topological polar surface area (TPSA) is 83.1 Å². The Labute approximate surface area is 165 Å². The first-order valence-corrected chi connectivity index (χ1v) is 10.1. The van der Waals surface area contributed by atoms with Crippen LogP contribution in [0.25, 0.3) is 6.08 Å². The van der Waals surface area contributed by atoms with E-state index in [0.29, 0.717) is 34.1 Å². The summed E-state index contributed by atoms with van der Waals surface area (Å²) in [7, 11) is 4.30. The smallest absolute Gasteiger partial charge is 0.175 e. The highest BCUT2D eigenvalue weighted by molar-refractivity contribution is 7.93. The fourth-order valence-electron chi connectivity index (χ4n) is 2.69. The Balaban J connectivity index is 2.33. The maximum atomic E-state index is 12.6. The summed E-state index contributed by atoms with van der Waals surface area (Å²) >= 11 is 0. The van der Waals surface area contributed by atoms with Crippen molar-refractivity contribution in [2.45, 2.75) is 5.75 Å². The summed E-state index contributed by atoms with van der Waals surface area (Å²) in [4.78, 5) is 0. The molecule has 1 N–H and O–H groups in total. The summed E-state index contributed by atoms with van der Waals surface area (Å²) < 4.78 is 46.3. The molecule has 0 atom stereocenters. The fraction of sp³-hybridized carbons (Fsp3) is 0.300. The second-order valence-corrected chi connectivity index (χ2v) is 7.73. The van der Waals surface area contributed by atoms with Crippen molar-refractivity contribution in [2.24, 2.45) is 0 Å². The molecule has 0 aliphatic carbocycles. The number of hydrogen-bond donors (Lipinski definition) is 1. The quantitative estimate of drug-likeness (QED) is 0.682. The van der Waals surface area contributed by atoms with Crippen LogP contribution < -0.4 is 24.3 Å². The van der Waals surface area contributed by atoms with Gasteiger partial charge in [0, 0.05) is 24.6 Å². The Hall–Kier alpha value is -2.87. The molecule has 0 saturated carbocycles. The predicted molar refractivity (Wildman–Crippen MR) is 110 cm³/mol. The maximum absolute atomic E-state index is 12.6. The van der Waals surface area contributed by atoms with Gasteiger partial charge in [0.1, 0.15) is 23.0 Å². The molecule has 8 heteroatoms. The zero-order valence-electron chi connectivity index (χ0n) is 16.6. The van der Waals surface area contributed by atoms with Gasteiger partial charge in [0.25, 0.3) is 0 Å². The van der Waals surface area contributed by atoms with Crippen LogP contribution in [0.4, 0.5) is 5.69 Å². The standard InChI is InChI=1S/C20H25NO6S/c1-21-17-10-14(6-7-18(17)25-3)13-28(22,23)9-8-16-19(26-4)11-15(24-2)12-20(16)27-5/h6-12,21H,13H2,1-5H3/b9-8+. The molecule has 0 aliphatic rings. The van der Waals surface area contributed by atoms with Crippen molar-refractivity contribution in [2.75, 3.05) is 40.8 Å². The molecule has 7 nitrogen and oxygen atoms in total. The van der Waals surface area contributed by atoms with E-state index in [-0.39, 0.29) is 5.75 Å². The number of sulfone groups is 1. The molecular weight excluding hydrogens is 382 g/mol. The number of rotatable bonds is 9. The van der Waals surface area contributed by atoms with Crippen LogP contribution in [0.1, 0.15) is 11.1 Å². The average molecular weight is 407 g/mol. The fourth-order valence-corrected chi connectivity index (χ4v) is 3.77. The minimum atomic E-state index is -3.53. The lowest BCUT2D eigenvalue weighted by Crippen LogP contribution is -2.02. The Kier molecular flexibility index (Phi) is 7.17. The monoisotopic (exact) mass is 407 g/mol. The van der Waals surface area contributed by atoms with Gasteiger partial charge in [0.2, 0.25) is 0 Å². The van der Waals surface area contributed by atoms with Crippen molar-refractivity contribution >= 4 is 21.6 Å². The van der Waals surface area contributed by atoms with E-state index in [1.807, 2.05) is 0 Å². The molecule has 0 radical (unpaired) electrons. The molecule has 0 fully saturated rings. The highest BCUT2D eigenvalue weighted by atomic mass is 32.2. The van der Waals surface area contributed by atoms with E-state index in [1.54, 1.807) is 44.5 Å². The third kappa shape index (κ3) is 5.10. The van der Waals surface area contributed by atoms with E-state index in [4.69, 9.17) is 18.9 Å². The summed E-state index contributed by atoms with van der Waals surface area (Å²) in [5.41, 5.74) is 1.88. The summed E-state index contributed by atoms with van der Waals surface area (Å²) in [6.45, 7) is 0. The van der Waals surface area contributed by atoms with Crippen molar-refractivity contribution in [3.63, 3.8) is 0 Å². The van der Waals surface area contributed by atoms with E-state index in [9.17, 15) is 8.42 Å². The molecular formula is C20H25NO6S. The zero-order valence-corrected chi connectivity index (χ0v) is 17.4. The molecule has 2 aromatic rings. The molecule has 152 valence electrons. The second kappa shape index (κ2) is 9.36. The van der Waals surface area contributed by atoms with E-state index in [1.165, 1.54) is 27.4 Å². The molecule has 0 spiro atoms. The lowest BCUT2D eigenvalue weighted by atomic mass is 10.1. The molecule has 2 rings (SSSR count). The van der Waals surface area contributed by atoms with Crippen LogP contribution in [0, 0.1) is 0 Å². The van der Waals surface area contributed by atoms with Crippen molar-refractivity contribution in [3.05, 3.63) is 46.9 Å². The third-order valence-electron chi connectivity index (χ3n) is 4.10. The van der Waals surface area contributed by atoms with Crippen LogP contribution in [-0.4, -0.2) is 43.9 Å². The first-order chi connectivity index (χ1) is 13.4. The minimum Gasteiger partial charge on any atom is -0.496 e. The molecule has 0 saturated heterocycles. The predicted octanol–water partition coefficient (Wildman–Crippen LogP) is 3.35. The Morgan fingerprint density at radius 1 is 0.893 bits per heavy atom. The van der Waals surface area contributed by atoms with Crippen LogP contribution in [-0.2, 0) is 15.6 Å². The van der Waals surface area contributed by atoms with Gasteiger partial charge in [-0.3, -0.25) is 0 Å². The van der Waals surface area contributed by atoms with Crippen molar-refractivity contribution in [1.29, 1.82) is 0 Å². The molecule has 0 unspecified atom stereocenters. The largest absolute Gasteiger partial charge is 0.496 e.